The van der Waals surface area contributed by atoms with Crippen molar-refractivity contribution in [3.8, 4) is 0 Å². The van der Waals surface area contributed by atoms with E-state index in [0.717, 1.165) is 0 Å². The molecule has 11 heteroatoms. The Morgan fingerprint density at radius 3 is 2.50 bits per heavy atom. The summed E-state index contributed by atoms with van der Waals surface area (Å²) >= 11 is 19.4. The quantitative estimate of drug-likeness (QED) is 0.200. The molecule has 36 heavy (non-hydrogen) atoms. The number of nitrogens with one attached hydrogen (secondary N) is 2. The number of anilines is 1. The van der Waals surface area contributed by atoms with Gasteiger partial charge in [-0.1, -0.05) is 78.6 Å². The summed E-state index contributed by atoms with van der Waals surface area (Å²) in [6.07, 6.45) is 2.35. The van der Waals surface area contributed by atoms with Crippen LogP contribution >= 0.6 is 46.6 Å². The fourth-order valence-corrected chi connectivity index (χ4v) is 4.72. The number of allylic oxidation sites excluding steroid dienone is 1. The van der Waals surface area contributed by atoms with E-state index in [-0.39, 0.29) is 23.5 Å². The van der Waals surface area contributed by atoms with E-state index in [1.807, 2.05) is 4.57 Å². The van der Waals surface area contributed by atoms with Gasteiger partial charge in [0.2, 0.25) is 5.91 Å². The van der Waals surface area contributed by atoms with Crippen molar-refractivity contribution in [2.24, 2.45) is 5.92 Å². The van der Waals surface area contributed by atoms with Crippen LogP contribution in [-0.2, 0) is 11.3 Å². The number of hydrogen-bond donors (Lipinski definition) is 2. The van der Waals surface area contributed by atoms with Gasteiger partial charge in [-0.2, -0.15) is 0 Å². The number of carbonyl (C=O) groups excluding carboxylic acids is 2. The minimum Gasteiger partial charge on any atom is -0.342 e. The van der Waals surface area contributed by atoms with Gasteiger partial charge in [0.15, 0.2) is 11.0 Å². The first-order chi connectivity index (χ1) is 17.2. The molecule has 1 atom stereocenters. The van der Waals surface area contributed by atoms with Crippen molar-refractivity contribution < 1.29 is 9.59 Å². The van der Waals surface area contributed by atoms with Crippen LogP contribution in [0.25, 0.3) is 0 Å². The normalized spacial score (nSPS) is 11.8. The van der Waals surface area contributed by atoms with Crippen LogP contribution < -0.4 is 10.6 Å². The van der Waals surface area contributed by atoms with Gasteiger partial charge in [-0.25, -0.2) is 0 Å². The number of carbonyl (C=O) groups is 2. The summed E-state index contributed by atoms with van der Waals surface area (Å²) in [5.41, 5.74) is 0.929. The average molecular weight is 567 g/mol. The van der Waals surface area contributed by atoms with Gasteiger partial charge in [-0.15, -0.1) is 16.8 Å². The average Bonchev–Trinajstić information content (AvgIpc) is 3.22. The van der Waals surface area contributed by atoms with Gasteiger partial charge in [-0.3, -0.25) is 9.59 Å². The topological polar surface area (TPSA) is 88.9 Å². The highest BCUT2D eigenvalue weighted by Crippen LogP contribution is 2.27. The Labute approximate surface area is 229 Å². The molecule has 3 aromatic rings. The molecule has 2 aromatic carbocycles. The summed E-state index contributed by atoms with van der Waals surface area (Å²) in [7, 11) is 0. The zero-order chi connectivity index (χ0) is 26.2. The highest BCUT2D eigenvalue weighted by Gasteiger charge is 2.25. The third-order valence-corrected chi connectivity index (χ3v) is 7.07. The van der Waals surface area contributed by atoms with E-state index >= 15 is 0 Å². The van der Waals surface area contributed by atoms with Crippen LogP contribution in [0.15, 0.2) is 60.3 Å². The minimum absolute atomic E-state index is 0.0936. The monoisotopic (exact) mass is 565 g/mol. The second-order valence-electron chi connectivity index (χ2n) is 8.34. The number of aromatic nitrogens is 3. The summed E-state index contributed by atoms with van der Waals surface area (Å²) in [5.74, 6) is 0.407. The molecule has 0 radical (unpaired) electrons. The van der Waals surface area contributed by atoms with Gasteiger partial charge in [0.05, 0.1) is 32.4 Å². The number of benzene rings is 2. The van der Waals surface area contributed by atoms with Crippen LogP contribution in [0.4, 0.5) is 5.69 Å². The molecule has 0 spiro atoms. The van der Waals surface area contributed by atoms with Crippen LogP contribution in [-0.4, -0.2) is 32.3 Å². The molecule has 0 saturated carbocycles. The second kappa shape index (κ2) is 13.1. The van der Waals surface area contributed by atoms with Crippen molar-refractivity contribution in [2.75, 3.05) is 11.1 Å². The van der Waals surface area contributed by atoms with E-state index in [0.29, 0.717) is 50.3 Å². The van der Waals surface area contributed by atoms with E-state index in [9.17, 15) is 9.59 Å². The van der Waals surface area contributed by atoms with Crippen LogP contribution in [0.2, 0.25) is 15.1 Å². The highest BCUT2D eigenvalue weighted by molar-refractivity contribution is 7.99. The lowest BCUT2D eigenvalue weighted by Gasteiger charge is -2.21. The Kier molecular flexibility index (Phi) is 10.2. The molecule has 0 aliphatic rings. The smallest absolute Gasteiger partial charge is 0.253 e. The third-order valence-electron chi connectivity index (χ3n) is 5.04. The molecular weight excluding hydrogens is 541 g/mol. The zero-order valence-electron chi connectivity index (χ0n) is 19.8. The maximum absolute atomic E-state index is 13.0. The van der Waals surface area contributed by atoms with Gasteiger partial charge >= 0.3 is 0 Å². The van der Waals surface area contributed by atoms with E-state index < -0.39 is 6.04 Å². The van der Waals surface area contributed by atoms with Gasteiger partial charge in [0.1, 0.15) is 0 Å². The van der Waals surface area contributed by atoms with Gasteiger partial charge in [0.25, 0.3) is 5.91 Å². The largest absolute Gasteiger partial charge is 0.342 e. The standard InChI is InChI=1S/C25H26Cl3N5O2S/c1-4-11-33-23(21(12-15(2)3)30-24(35)17-7-5-6-8-18(17)26)31-32-25(33)36-14-22(34)29-16-9-10-19(27)20(28)13-16/h4-10,13,15,21H,1,11-12,14H2,2-3H3,(H,29,34)(H,30,35)/t21-/m1/s1. The Balaban J connectivity index is 1.77. The number of halogens is 3. The van der Waals surface area contributed by atoms with Crippen LogP contribution in [0.3, 0.4) is 0 Å². The highest BCUT2D eigenvalue weighted by atomic mass is 35.5. The Morgan fingerprint density at radius 1 is 1.08 bits per heavy atom. The molecular formula is C25H26Cl3N5O2S. The maximum Gasteiger partial charge on any atom is 0.253 e. The molecule has 1 aromatic heterocycles. The fourth-order valence-electron chi connectivity index (χ4n) is 3.45. The molecule has 7 nitrogen and oxygen atoms in total. The predicted octanol–water partition coefficient (Wildman–Crippen LogP) is 6.67. The molecule has 2 N–H and O–H groups in total. The van der Waals surface area contributed by atoms with Crippen LogP contribution in [0.1, 0.15) is 42.5 Å². The molecule has 2 amide bonds. The molecule has 0 saturated heterocycles. The predicted molar refractivity (Wildman–Crippen MR) is 147 cm³/mol. The first kappa shape index (κ1) is 28.1. The maximum atomic E-state index is 13.0. The number of hydrogen-bond acceptors (Lipinski definition) is 5. The van der Waals surface area contributed by atoms with E-state index in [1.165, 1.54) is 11.8 Å². The summed E-state index contributed by atoms with van der Waals surface area (Å²) in [4.78, 5) is 25.5. The number of amides is 2. The van der Waals surface area contributed by atoms with Crippen molar-refractivity contribution >= 4 is 64.1 Å². The first-order valence-corrected chi connectivity index (χ1v) is 13.3. The Morgan fingerprint density at radius 2 is 1.83 bits per heavy atom. The van der Waals surface area contributed by atoms with Crippen molar-refractivity contribution in [3.05, 3.63) is 81.6 Å². The second-order valence-corrected chi connectivity index (χ2v) is 10.5. The van der Waals surface area contributed by atoms with Crippen molar-refractivity contribution in [1.29, 1.82) is 0 Å². The lowest BCUT2D eigenvalue weighted by atomic mass is 10.0. The summed E-state index contributed by atoms with van der Waals surface area (Å²) in [5, 5.41) is 16.2. The van der Waals surface area contributed by atoms with Gasteiger partial charge < -0.3 is 15.2 Å². The lowest BCUT2D eigenvalue weighted by Crippen LogP contribution is -2.32. The summed E-state index contributed by atoms with van der Waals surface area (Å²) in [6.45, 7) is 8.37. The van der Waals surface area contributed by atoms with Crippen molar-refractivity contribution in [1.82, 2.24) is 20.1 Å². The van der Waals surface area contributed by atoms with Gasteiger partial charge in [-0.05, 0) is 42.7 Å². The Bertz CT molecular complexity index is 1250. The van der Waals surface area contributed by atoms with E-state index in [1.54, 1.807) is 48.5 Å². The minimum atomic E-state index is -0.416. The SMILES string of the molecule is C=CCn1c(SCC(=O)Nc2ccc(Cl)c(Cl)c2)nnc1[C@@H](CC(C)C)NC(=O)c1ccccc1Cl. The fraction of sp³-hybridized carbons (Fsp3) is 0.280. The zero-order valence-corrected chi connectivity index (χ0v) is 22.9. The first-order valence-electron chi connectivity index (χ1n) is 11.2. The molecule has 0 unspecified atom stereocenters. The number of nitrogens with zero attached hydrogens (tertiary/aromatic N) is 3. The van der Waals surface area contributed by atoms with E-state index in [2.05, 4.69) is 41.3 Å². The molecule has 190 valence electrons. The lowest BCUT2D eigenvalue weighted by molar-refractivity contribution is -0.113. The molecule has 1 heterocycles. The summed E-state index contributed by atoms with van der Waals surface area (Å²) in [6, 6.07) is 11.3. The van der Waals surface area contributed by atoms with Crippen molar-refractivity contribution in [3.63, 3.8) is 0 Å². The molecule has 0 fully saturated rings. The van der Waals surface area contributed by atoms with Crippen LogP contribution in [0.5, 0.6) is 0 Å². The van der Waals surface area contributed by atoms with Crippen molar-refractivity contribution in [2.45, 2.75) is 38.0 Å². The molecule has 0 bridgehead atoms. The third kappa shape index (κ3) is 7.49. The van der Waals surface area contributed by atoms with Gasteiger partial charge in [0, 0.05) is 12.2 Å². The van der Waals surface area contributed by atoms with E-state index in [4.69, 9.17) is 34.8 Å². The summed E-state index contributed by atoms with van der Waals surface area (Å²) < 4.78 is 1.85. The van der Waals surface area contributed by atoms with Crippen LogP contribution in [0, 0.1) is 5.92 Å². The number of thioether (sulfide) groups is 1. The molecule has 3 rings (SSSR count). The molecule has 0 aliphatic carbocycles. The number of rotatable bonds is 11. The Hall–Kier alpha value is -2.52. The molecule has 0 aliphatic heterocycles.